The number of halogens is 1. The molecular weight excluding hydrogens is 426 g/mol. The van der Waals surface area contributed by atoms with Crippen molar-refractivity contribution in [2.45, 2.75) is 18.9 Å². The summed E-state index contributed by atoms with van der Waals surface area (Å²) in [6.45, 7) is 1.81. The predicted octanol–water partition coefficient (Wildman–Crippen LogP) is 4.21. The van der Waals surface area contributed by atoms with Crippen LogP contribution in [-0.2, 0) is 0 Å². The first-order valence-electron chi connectivity index (χ1n) is 9.24. The number of benzene rings is 2. The van der Waals surface area contributed by atoms with Gasteiger partial charge in [0.05, 0.1) is 20.3 Å². The van der Waals surface area contributed by atoms with E-state index in [1.54, 1.807) is 26.4 Å². The Labute approximate surface area is 172 Å². The fraction of sp³-hybridized carbons (Fsp3) is 0.381. The lowest BCUT2D eigenvalue weighted by Crippen LogP contribution is -2.30. The minimum absolute atomic E-state index is 0.00367. The smallest absolute Gasteiger partial charge is 0.254 e. The first kappa shape index (κ1) is 18.9. The van der Waals surface area contributed by atoms with E-state index in [2.05, 4.69) is 15.9 Å². The highest BCUT2D eigenvalue weighted by Crippen LogP contribution is 2.40. The number of carbonyl (C=O) groups excluding carboxylic acids is 1. The molecule has 0 spiro atoms. The summed E-state index contributed by atoms with van der Waals surface area (Å²) in [5.41, 5.74) is 1.60. The van der Waals surface area contributed by atoms with Crippen molar-refractivity contribution in [3.8, 4) is 23.0 Å². The van der Waals surface area contributed by atoms with Crippen molar-refractivity contribution < 1.29 is 23.7 Å². The number of carbonyl (C=O) groups is 1. The average molecular weight is 448 g/mol. The average Bonchev–Trinajstić information content (AvgIpc) is 3.23. The van der Waals surface area contributed by atoms with Crippen LogP contribution >= 0.6 is 15.9 Å². The van der Waals surface area contributed by atoms with Crippen molar-refractivity contribution in [1.29, 1.82) is 0 Å². The van der Waals surface area contributed by atoms with Crippen molar-refractivity contribution in [2.24, 2.45) is 0 Å². The fourth-order valence-electron chi connectivity index (χ4n) is 3.78. The molecule has 2 heterocycles. The Morgan fingerprint density at radius 1 is 1.07 bits per heavy atom. The summed E-state index contributed by atoms with van der Waals surface area (Å²) < 4.78 is 22.8. The molecule has 7 heteroatoms. The number of likely N-dealkylation sites (tertiary alicyclic amines) is 1. The highest BCUT2D eigenvalue weighted by molar-refractivity contribution is 9.10. The molecule has 6 nitrogen and oxygen atoms in total. The largest absolute Gasteiger partial charge is 0.495 e. The van der Waals surface area contributed by atoms with Gasteiger partial charge in [0.2, 0.25) is 0 Å². The van der Waals surface area contributed by atoms with Gasteiger partial charge in [-0.1, -0.05) is 6.07 Å². The summed E-state index contributed by atoms with van der Waals surface area (Å²) in [5, 5.41) is 0. The lowest BCUT2D eigenvalue weighted by Gasteiger charge is -2.27. The monoisotopic (exact) mass is 447 g/mol. The van der Waals surface area contributed by atoms with Crippen LogP contribution in [0.5, 0.6) is 23.0 Å². The molecule has 2 aromatic rings. The van der Waals surface area contributed by atoms with Gasteiger partial charge < -0.3 is 23.8 Å². The Hall–Kier alpha value is -2.41. The SMILES string of the molecule is COc1cc(C(=O)N2CCC[C@H]2c2ccc3c(c2)OCCO3)cc(OC)c1Br. The first-order chi connectivity index (χ1) is 13.6. The van der Waals surface area contributed by atoms with Gasteiger partial charge in [-0.2, -0.15) is 0 Å². The van der Waals surface area contributed by atoms with E-state index in [0.29, 0.717) is 41.3 Å². The van der Waals surface area contributed by atoms with Crippen molar-refractivity contribution in [3.05, 3.63) is 45.9 Å². The number of amides is 1. The molecular formula is C21H22BrNO5. The van der Waals surface area contributed by atoms with Crippen LogP contribution < -0.4 is 18.9 Å². The van der Waals surface area contributed by atoms with Gasteiger partial charge in [-0.05, 0) is 58.6 Å². The molecule has 1 saturated heterocycles. The van der Waals surface area contributed by atoms with Gasteiger partial charge in [0, 0.05) is 12.1 Å². The quantitative estimate of drug-likeness (QED) is 0.702. The normalized spacial score (nSPS) is 18.1. The number of rotatable bonds is 4. The van der Waals surface area contributed by atoms with Gasteiger partial charge in [0.1, 0.15) is 29.2 Å². The summed E-state index contributed by atoms with van der Waals surface area (Å²) in [5.74, 6) is 2.60. The van der Waals surface area contributed by atoms with Gasteiger partial charge in [-0.3, -0.25) is 4.79 Å². The van der Waals surface area contributed by atoms with Gasteiger partial charge >= 0.3 is 0 Å². The lowest BCUT2D eigenvalue weighted by atomic mass is 10.0. The van der Waals surface area contributed by atoms with E-state index in [4.69, 9.17) is 18.9 Å². The molecule has 1 amide bonds. The molecule has 1 atom stereocenters. The number of fused-ring (bicyclic) bond motifs is 1. The molecule has 0 radical (unpaired) electrons. The standard InChI is InChI=1S/C21H22BrNO5/c1-25-18-11-14(12-19(26-2)20(18)22)21(24)23-7-3-4-15(23)13-5-6-16-17(10-13)28-9-8-27-16/h5-6,10-12,15H,3-4,7-9H2,1-2H3/t15-/m0/s1. The molecule has 1 fully saturated rings. The zero-order valence-corrected chi connectivity index (χ0v) is 17.5. The molecule has 0 bridgehead atoms. The zero-order valence-electron chi connectivity index (χ0n) is 15.9. The second-order valence-corrected chi connectivity index (χ2v) is 7.55. The molecule has 28 heavy (non-hydrogen) atoms. The van der Waals surface area contributed by atoms with Crippen molar-refractivity contribution >= 4 is 21.8 Å². The van der Waals surface area contributed by atoms with Crippen LogP contribution in [0.1, 0.15) is 34.8 Å². The summed E-state index contributed by atoms with van der Waals surface area (Å²) in [6, 6.07) is 9.43. The maximum absolute atomic E-state index is 13.3. The Balaban J connectivity index is 1.64. The van der Waals surface area contributed by atoms with Crippen LogP contribution in [0.15, 0.2) is 34.8 Å². The number of ether oxygens (including phenoxy) is 4. The van der Waals surface area contributed by atoms with Gasteiger partial charge in [-0.15, -0.1) is 0 Å². The molecule has 0 aromatic heterocycles. The fourth-order valence-corrected chi connectivity index (χ4v) is 4.33. The molecule has 2 aromatic carbocycles. The summed E-state index contributed by atoms with van der Waals surface area (Å²) >= 11 is 3.45. The van der Waals surface area contributed by atoms with Crippen LogP contribution in [0.3, 0.4) is 0 Å². The molecule has 4 rings (SSSR count). The molecule has 0 aliphatic carbocycles. The maximum atomic E-state index is 13.3. The van der Waals surface area contributed by atoms with E-state index in [0.717, 1.165) is 29.9 Å². The molecule has 2 aliphatic rings. The third kappa shape index (κ3) is 3.39. The summed E-state index contributed by atoms with van der Waals surface area (Å²) in [6.07, 6.45) is 1.87. The highest BCUT2D eigenvalue weighted by atomic mass is 79.9. The predicted molar refractivity (Wildman–Crippen MR) is 108 cm³/mol. The van der Waals surface area contributed by atoms with E-state index in [-0.39, 0.29) is 11.9 Å². The summed E-state index contributed by atoms with van der Waals surface area (Å²) in [4.78, 5) is 15.2. The Morgan fingerprint density at radius 3 is 2.43 bits per heavy atom. The van der Waals surface area contributed by atoms with Crippen molar-refractivity contribution in [3.63, 3.8) is 0 Å². The lowest BCUT2D eigenvalue weighted by molar-refractivity contribution is 0.0734. The van der Waals surface area contributed by atoms with Crippen LogP contribution in [0, 0.1) is 0 Å². The third-order valence-electron chi connectivity index (χ3n) is 5.16. The molecule has 0 saturated carbocycles. The second-order valence-electron chi connectivity index (χ2n) is 6.75. The first-order valence-corrected chi connectivity index (χ1v) is 10.0. The second kappa shape index (κ2) is 7.91. The summed E-state index contributed by atoms with van der Waals surface area (Å²) in [7, 11) is 3.14. The van der Waals surface area contributed by atoms with Crippen LogP contribution in [0.25, 0.3) is 0 Å². The zero-order chi connectivity index (χ0) is 19.7. The van der Waals surface area contributed by atoms with Crippen LogP contribution in [0.4, 0.5) is 0 Å². The van der Waals surface area contributed by atoms with E-state index < -0.39 is 0 Å². The van der Waals surface area contributed by atoms with Crippen LogP contribution in [0.2, 0.25) is 0 Å². The number of nitrogens with zero attached hydrogens (tertiary/aromatic N) is 1. The van der Waals surface area contributed by atoms with E-state index >= 15 is 0 Å². The van der Waals surface area contributed by atoms with Gasteiger partial charge in [-0.25, -0.2) is 0 Å². The number of hydrogen-bond donors (Lipinski definition) is 0. The highest BCUT2D eigenvalue weighted by Gasteiger charge is 2.32. The number of hydrogen-bond acceptors (Lipinski definition) is 5. The Kier molecular flexibility index (Phi) is 5.35. The van der Waals surface area contributed by atoms with Gasteiger partial charge in [0.25, 0.3) is 5.91 Å². The maximum Gasteiger partial charge on any atom is 0.254 e. The topological polar surface area (TPSA) is 57.2 Å². The molecule has 2 aliphatic heterocycles. The van der Waals surface area contributed by atoms with E-state index in [9.17, 15) is 4.79 Å². The number of methoxy groups -OCH3 is 2. The van der Waals surface area contributed by atoms with Crippen molar-refractivity contribution in [2.75, 3.05) is 34.0 Å². The third-order valence-corrected chi connectivity index (χ3v) is 5.94. The molecule has 0 unspecified atom stereocenters. The van der Waals surface area contributed by atoms with E-state index in [1.165, 1.54) is 0 Å². The van der Waals surface area contributed by atoms with Crippen LogP contribution in [-0.4, -0.2) is 44.8 Å². The minimum atomic E-state index is -0.0403. The van der Waals surface area contributed by atoms with E-state index in [1.807, 2.05) is 23.1 Å². The Morgan fingerprint density at radius 2 is 1.75 bits per heavy atom. The minimum Gasteiger partial charge on any atom is -0.495 e. The molecule has 0 N–H and O–H groups in total. The van der Waals surface area contributed by atoms with Gasteiger partial charge in [0.15, 0.2) is 11.5 Å². The van der Waals surface area contributed by atoms with Crippen molar-refractivity contribution in [1.82, 2.24) is 4.90 Å². The molecule has 148 valence electrons. The Bertz CT molecular complexity index is 875.